The summed E-state index contributed by atoms with van der Waals surface area (Å²) in [6.07, 6.45) is 6.33. The molecular formula is C29H36BrN7O3. The average molecular weight is 611 g/mol. The molecule has 0 saturated carbocycles. The number of aryl methyl sites for hydroxylation is 1. The van der Waals surface area contributed by atoms with Crippen LogP contribution in [0.15, 0.2) is 46.0 Å². The lowest BCUT2D eigenvalue weighted by molar-refractivity contribution is 0.207. The van der Waals surface area contributed by atoms with E-state index in [0.717, 1.165) is 67.6 Å². The molecule has 212 valence electrons. The monoisotopic (exact) mass is 609 g/mol. The summed E-state index contributed by atoms with van der Waals surface area (Å²) in [5.74, 6) is 3.93. The number of nitrogens with one attached hydrogen (secondary N) is 1. The fourth-order valence-corrected chi connectivity index (χ4v) is 5.26. The number of rotatable bonds is 12. The van der Waals surface area contributed by atoms with E-state index in [-0.39, 0.29) is 0 Å². The van der Waals surface area contributed by atoms with Gasteiger partial charge in [0.05, 0.1) is 17.3 Å². The Kier molecular flexibility index (Phi) is 9.54. The number of hydrazone groups is 1. The van der Waals surface area contributed by atoms with Gasteiger partial charge in [0.25, 0.3) is 0 Å². The third-order valence-corrected chi connectivity index (χ3v) is 7.31. The molecule has 1 N–H and O–H groups in total. The number of benzene rings is 2. The molecule has 5 rings (SSSR count). The highest BCUT2D eigenvalue weighted by Gasteiger charge is 2.21. The number of anilines is 3. The summed E-state index contributed by atoms with van der Waals surface area (Å²) in [5, 5.41) is 4.43. The zero-order valence-corrected chi connectivity index (χ0v) is 24.7. The van der Waals surface area contributed by atoms with Gasteiger partial charge in [-0.3, -0.25) is 0 Å². The van der Waals surface area contributed by atoms with Crippen LogP contribution in [0.25, 0.3) is 0 Å². The molecule has 1 aromatic heterocycles. The summed E-state index contributed by atoms with van der Waals surface area (Å²) >= 11 is 3.63. The molecule has 10 nitrogen and oxygen atoms in total. The van der Waals surface area contributed by atoms with Gasteiger partial charge in [-0.15, -0.1) is 0 Å². The van der Waals surface area contributed by atoms with Crippen LogP contribution in [0.5, 0.6) is 17.2 Å². The first-order valence-electron chi connectivity index (χ1n) is 13.9. The van der Waals surface area contributed by atoms with Crippen molar-refractivity contribution < 1.29 is 14.2 Å². The predicted molar refractivity (Wildman–Crippen MR) is 161 cm³/mol. The minimum absolute atomic E-state index is 0.375. The Morgan fingerprint density at radius 3 is 2.12 bits per heavy atom. The van der Waals surface area contributed by atoms with Crippen LogP contribution in [0.1, 0.15) is 43.7 Å². The summed E-state index contributed by atoms with van der Waals surface area (Å²) < 4.78 is 18.5. The standard InChI is InChI=1S/C29H36BrN7O3/c1-3-38-25-19-22(18-24(30)26(25)40-17-16-39-23-10-8-21(2)9-11-23)20-31-35-27-32-28(36-12-4-5-13-36)34-29(33-27)37-14-6-7-15-37/h8-11,18-20H,3-7,12-17H2,1-2H3,(H,32,33,34,35)/b31-20-. The Morgan fingerprint density at radius 1 is 0.875 bits per heavy atom. The molecule has 0 aliphatic carbocycles. The van der Waals surface area contributed by atoms with Crippen LogP contribution in [0.2, 0.25) is 0 Å². The van der Waals surface area contributed by atoms with Gasteiger partial charge in [-0.2, -0.15) is 20.1 Å². The number of halogens is 1. The number of hydrogen-bond donors (Lipinski definition) is 1. The van der Waals surface area contributed by atoms with Crippen molar-refractivity contribution in [3.8, 4) is 17.2 Å². The number of hydrogen-bond acceptors (Lipinski definition) is 10. The number of ether oxygens (including phenoxy) is 3. The molecule has 0 atom stereocenters. The van der Waals surface area contributed by atoms with Crippen LogP contribution in [0.3, 0.4) is 0 Å². The van der Waals surface area contributed by atoms with Crippen molar-refractivity contribution in [2.24, 2.45) is 5.10 Å². The molecule has 0 radical (unpaired) electrons. The SMILES string of the molecule is CCOc1cc(/C=N\Nc2nc(N3CCCC3)nc(N3CCCC3)n2)cc(Br)c1OCCOc1ccc(C)cc1. The number of nitrogens with zero attached hydrogens (tertiary/aromatic N) is 6. The van der Waals surface area contributed by atoms with Gasteiger partial charge in [-0.1, -0.05) is 17.7 Å². The smallest absolute Gasteiger partial charge is 0.250 e. The normalized spacial score (nSPS) is 15.2. The van der Waals surface area contributed by atoms with Gasteiger partial charge in [0.15, 0.2) is 11.5 Å². The Bertz CT molecular complexity index is 1260. The largest absolute Gasteiger partial charge is 0.490 e. The lowest BCUT2D eigenvalue weighted by Gasteiger charge is -2.20. The molecule has 2 fully saturated rings. The van der Waals surface area contributed by atoms with Crippen LogP contribution < -0.4 is 29.4 Å². The second-order valence-electron chi connectivity index (χ2n) is 9.79. The molecule has 2 aromatic carbocycles. The molecule has 0 bridgehead atoms. The zero-order chi connectivity index (χ0) is 27.7. The van der Waals surface area contributed by atoms with Crippen molar-refractivity contribution in [3.63, 3.8) is 0 Å². The van der Waals surface area contributed by atoms with Crippen LogP contribution in [0, 0.1) is 6.92 Å². The van der Waals surface area contributed by atoms with E-state index in [1.165, 1.54) is 5.56 Å². The summed E-state index contributed by atoms with van der Waals surface area (Å²) in [7, 11) is 0. The molecule has 2 aliphatic heterocycles. The highest BCUT2D eigenvalue weighted by Crippen LogP contribution is 2.36. The van der Waals surface area contributed by atoms with Crippen LogP contribution in [-0.4, -0.2) is 67.2 Å². The summed E-state index contributed by atoms with van der Waals surface area (Å²) in [6, 6.07) is 11.8. The zero-order valence-electron chi connectivity index (χ0n) is 23.1. The molecule has 3 aromatic rings. The van der Waals surface area contributed by atoms with Crippen LogP contribution >= 0.6 is 15.9 Å². The van der Waals surface area contributed by atoms with Gasteiger partial charge in [0, 0.05) is 26.2 Å². The summed E-state index contributed by atoms with van der Waals surface area (Å²) in [4.78, 5) is 18.5. The van der Waals surface area contributed by atoms with Gasteiger partial charge in [-0.25, -0.2) is 5.43 Å². The first-order chi connectivity index (χ1) is 19.6. The molecule has 40 heavy (non-hydrogen) atoms. The molecule has 2 aliphatic rings. The Hall–Kier alpha value is -3.60. The maximum Gasteiger partial charge on any atom is 0.250 e. The van der Waals surface area contributed by atoms with Gasteiger partial charge in [-0.05, 0) is 85.3 Å². The highest BCUT2D eigenvalue weighted by atomic mass is 79.9. The quantitative estimate of drug-likeness (QED) is 0.163. The van der Waals surface area contributed by atoms with Crippen molar-refractivity contribution in [1.29, 1.82) is 0 Å². The lowest BCUT2D eigenvalue weighted by atomic mass is 10.2. The Morgan fingerprint density at radius 2 is 1.50 bits per heavy atom. The van der Waals surface area contributed by atoms with E-state index < -0.39 is 0 Å². The molecule has 0 unspecified atom stereocenters. The third-order valence-electron chi connectivity index (χ3n) is 6.72. The maximum absolute atomic E-state index is 6.03. The predicted octanol–water partition coefficient (Wildman–Crippen LogP) is 5.45. The molecule has 11 heteroatoms. The van der Waals surface area contributed by atoms with Crippen molar-refractivity contribution in [2.75, 3.05) is 61.2 Å². The Balaban J connectivity index is 1.25. The van der Waals surface area contributed by atoms with Crippen molar-refractivity contribution >= 4 is 40.0 Å². The van der Waals surface area contributed by atoms with E-state index in [1.807, 2.05) is 50.2 Å². The summed E-state index contributed by atoms with van der Waals surface area (Å²) in [5.41, 5.74) is 5.04. The second kappa shape index (κ2) is 13.6. The molecule has 0 spiro atoms. The van der Waals surface area contributed by atoms with E-state index in [0.29, 0.717) is 49.2 Å². The van der Waals surface area contributed by atoms with E-state index in [9.17, 15) is 0 Å². The first kappa shape index (κ1) is 27.9. The molecule has 2 saturated heterocycles. The second-order valence-corrected chi connectivity index (χ2v) is 10.6. The van der Waals surface area contributed by atoms with Crippen LogP contribution in [-0.2, 0) is 0 Å². The van der Waals surface area contributed by atoms with Gasteiger partial charge in [0.2, 0.25) is 17.8 Å². The fourth-order valence-electron chi connectivity index (χ4n) is 4.69. The van der Waals surface area contributed by atoms with E-state index in [4.69, 9.17) is 19.2 Å². The highest BCUT2D eigenvalue weighted by molar-refractivity contribution is 9.10. The van der Waals surface area contributed by atoms with Gasteiger partial charge >= 0.3 is 0 Å². The molecule has 0 amide bonds. The van der Waals surface area contributed by atoms with Crippen molar-refractivity contribution in [3.05, 3.63) is 52.0 Å². The Labute approximate surface area is 243 Å². The number of aromatic nitrogens is 3. The third kappa shape index (κ3) is 7.32. The molecule has 3 heterocycles. The lowest BCUT2D eigenvalue weighted by Crippen LogP contribution is -2.25. The minimum Gasteiger partial charge on any atom is -0.490 e. The van der Waals surface area contributed by atoms with Gasteiger partial charge in [0.1, 0.15) is 19.0 Å². The van der Waals surface area contributed by atoms with Crippen molar-refractivity contribution in [1.82, 2.24) is 15.0 Å². The minimum atomic E-state index is 0.375. The first-order valence-corrected chi connectivity index (χ1v) is 14.7. The average Bonchev–Trinajstić information content (AvgIpc) is 3.69. The maximum atomic E-state index is 6.03. The topological polar surface area (TPSA) is 97.2 Å². The van der Waals surface area contributed by atoms with E-state index in [2.05, 4.69) is 46.2 Å². The fraction of sp³-hybridized carbons (Fsp3) is 0.448. The van der Waals surface area contributed by atoms with Crippen LogP contribution in [0.4, 0.5) is 17.8 Å². The van der Waals surface area contributed by atoms with E-state index >= 15 is 0 Å². The summed E-state index contributed by atoms with van der Waals surface area (Å²) in [6.45, 7) is 9.15. The van der Waals surface area contributed by atoms with Crippen molar-refractivity contribution in [2.45, 2.75) is 39.5 Å². The van der Waals surface area contributed by atoms with E-state index in [1.54, 1.807) is 6.21 Å². The molecular weight excluding hydrogens is 574 g/mol. The van der Waals surface area contributed by atoms with Gasteiger partial charge < -0.3 is 24.0 Å².